The first kappa shape index (κ1) is 81.9. The van der Waals surface area contributed by atoms with E-state index in [9.17, 15) is 77.3 Å². The van der Waals surface area contributed by atoms with Crippen molar-refractivity contribution >= 4 is 116 Å². The van der Waals surface area contributed by atoms with Gasteiger partial charge in [-0.2, -0.15) is 0 Å². The maximum absolute atomic E-state index is 14.1. The van der Waals surface area contributed by atoms with Gasteiger partial charge in [0.2, 0.25) is 41.4 Å². The summed E-state index contributed by atoms with van der Waals surface area (Å²) in [4.78, 5) is 183. The van der Waals surface area contributed by atoms with E-state index in [4.69, 9.17) is 14.6 Å². The van der Waals surface area contributed by atoms with Gasteiger partial charge in [-0.3, -0.25) is 58.3 Å². The lowest BCUT2D eigenvalue weighted by molar-refractivity contribution is -0.155. The lowest BCUT2D eigenvalue weighted by Gasteiger charge is -2.35. The lowest BCUT2D eigenvalue weighted by atomic mass is 9.96. The zero-order valence-electron chi connectivity index (χ0n) is 54.8. The Hall–Kier alpha value is -8.31. The molecule has 0 aliphatic carbocycles. The number of thiazole rings is 1. The van der Waals surface area contributed by atoms with Crippen molar-refractivity contribution in [3.05, 3.63) is 52.0 Å². The number of rotatable bonds is 45. The smallest absolute Gasteiger partial charge is 0.426 e. The second kappa shape index (κ2) is 46.0. The predicted octanol–water partition coefficient (Wildman–Crippen LogP) is 1.82. The molecule has 13 N–H and O–H groups in total. The Bertz CT molecular complexity index is 2890. The molecule has 3 unspecified atom stereocenters. The molecule has 35 heteroatoms. The summed E-state index contributed by atoms with van der Waals surface area (Å²) in [7, 11) is 4.64. The van der Waals surface area contributed by atoms with Crippen molar-refractivity contribution in [3.8, 4) is 0 Å². The molecule has 96 heavy (non-hydrogen) atoms. The van der Waals surface area contributed by atoms with Crippen LogP contribution in [0.2, 0.25) is 0 Å². The number of carbonyl (C=O) groups excluding carboxylic acids is 11. The van der Waals surface area contributed by atoms with E-state index in [0.717, 1.165) is 24.9 Å². The zero-order valence-corrected chi connectivity index (χ0v) is 57.3. The second-order valence-electron chi connectivity index (χ2n) is 22.6. The van der Waals surface area contributed by atoms with Gasteiger partial charge in [-0.05, 0) is 76.4 Å². The number of hydrazine groups is 1. The number of hydrogen-bond acceptors (Lipinski definition) is 21. The van der Waals surface area contributed by atoms with Crippen LogP contribution in [-0.2, 0) is 75.1 Å². The van der Waals surface area contributed by atoms with Crippen LogP contribution in [0, 0.1) is 11.8 Å². The Morgan fingerprint density at radius 3 is 2.06 bits per heavy atom. The van der Waals surface area contributed by atoms with Crippen LogP contribution in [0.3, 0.4) is 0 Å². The van der Waals surface area contributed by atoms with Crippen LogP contribution in [0.5, 0.6) is 0 Å². The Kier molecular flexibility index (Phi) is 39.2. The predicted molar refractivity (Wildman–Crippen MR) is 354 cm³/mol. The Morgan fingerprint density at radius 1 is 0.708 bits per heavy atom. The maximum atomic E-state index is 14.1. The number of ether oxygens (including phenoxy) is 2. The zero-order chi connectivity index (χ0) is 71.0. The average molecular weight is 1410 g/mol. The third-order valence-electron chi connectivity index (χ3n) is 15.0. The second-order valence-corrected chi connectivity index (χ2v) is 26.3. The molecule has 32 nitrogen and oxygen atoms in total. The first-order chi connectivity index (χ1) is 45.8. The van der Waals surface area contributed by atoms with Crippen molar-refractivity contribution in [2.24, 2.45) is 11.8 Å². The third-order valence-corrected chi connectivity index (χ3v) is 18.2. The monoisotopic (exact) mass is 1410 g/mol. The number of urea groups is 1. The minimum Gasteiger partial charge on any atom is -0.481 e. The minimum absolute atomic E-state index is 0.00469. The van der Waals surface area contributed by atoms with E-state index < -0.39 is 121 Å². The number of aliphatic carboxylic acids is 3. The first-order valence-electron chi connectivity index (χ1n) is 31.8. The number of nitrogens with zero attached hydrogens (tertiary/aromatic N) is 3. The fourth-order valence-corrected chi connectivity index (χ4v) is 11.8. The topological polar surface area (TPSA) is 458 Å². The van der Waals surface area contributed by atoms with Gasteiger partial charge in [0.25, 0.3) is 5.91 Å². The summed E-state index contributed by atoms with van der Waals surface area (Å²) >= 11 is 1.27. The first-order valence-corrected chi connectivity index (χ1v) is 35.2. The molecular weight excluding hydrogens is 1310 g/mol. The highest BCUT2D eigenvalue weighted by molar-refractivity contribution is 8.76. The van der Waals surface area contributed by atoms with Crippen molar-refractivity contribution in [2.45, 2.75) is 161 Å². The average Bonchev–Trinajstić information content (AvgIpc) is 1.37. The number of aryl methyl sites for hydroxylation is 1. The van der Waals surface area contributed by atoms with Gasteiger partial charge in [0.15, 0.2) is 6.73 Å². The summed E-state index contributed by atoms with van der Waals surface area (Å²) < 4.78 is 10.6. The largest absolute Gasteiger partial charge is 0.481 e. The molecule has 2 heterocycles. The summed E-state index contributed by atoms with van der Waals surface area (Å²) in [6, 6.07) is 2.37. The fraction of sp³-hybridized carbons (Fsp3) is 0.623. The number of piperidine rings is 1. The fourth-order valence-electron chi connectivity index (χ4n) is 9.23. The van der Waals surface area contributed by atoms with E-state index in [1.165, 1.54) is 37.8 Å². The van der Waals surface area contributed by atoms with Gasteiger partial charge in [0, 0.05) is 87.5 Å². The number of likely N-dealkylation sites (tertiary alicyclic amines) is 1. The Labute approximate surface area is 569 Å². The van der Waals surface area contributed by atoms with E-state index in [2.05, 4.69) is 47.7 Å². The lowest BCUT2D eigenvalue weighted by Crippen LogP contribution is -2.57. The molecule has 7 atom stereocenters. The molecule has 1 aliphatic heterocycles. The summed E-state index contributed by atoms with van der Waals surface area (Å²) in [5, 5.41) is 49.9. The molecule has 0 saturated carbocycles. The van der Waals surface area contributed by atoms with Gasteiger partial charge >= 0.3 is 36.0 Å². The molecule has 1 saturated heterocycles. The number of amides is 11. The van der Waals surface area contributed by atoms with E-state index in [0.29, 0.717) is 48.6 Å². The Morgan fingerprint density at radius 2 is 1.40 bits per heavy atom. The highest BCUT2D eigenvalue weighted by atomic mass is 33.1. The van der Waals surface area contributed by atoms with Gasteiger partial charge < -0.3 is 72.2 Å². The third kappa shape index (κ3) is 33.4. The number of esters is 1. The number of carboxylic acids is 3. The van der Waals surface area contributed by atoms with Crippen LogP contribution in [0.25, 0.3) is 0 Å². The molecule has 1 aromatic heterocycles. The van der Waals surface area contributed by atoms with Crippen molar-refractivity contribution in [1.29, 1.82) is 0 Å². The SMILES string of the molecule is CCCC(=O)OCN(CCCc1nc(C(=O)NCC[C@H](C)C(=O)NNC(=O)OCCSSCCNC(=O)[C@@H](Cc2ccccc2)NC(=O)CNC(=O)CCCNC(=O)CCC(NC(=O)N[C@@H](CCC(=O)O)C(=O)O)C(=O)O)cs1)C(=O)C(NC(=O)[C@H]1CCCCN1C)C(C)CC. The highest BCUT2D eigenvalue weighted by Crippen LogP contribution is 2.21. The van der Waals surface area contributed by atoms with Gasteiger partial charge in [-0.25, -0.2) is 29.6 Å². The quantitative estimate of drug-likeness (QED) is 0.0148. The standard InChI is InChI=1S/C61H93N13O19S3/c1-6-15-51(80)93-37-74(57(85)52(38(3)7-2)70-56(84)45-18-11-12-29-73(45)5)30-14-20-49-67-44(36-94-49)55(83)63-27-25-39(4)53(81)71-72-61(91)92-31-33-96-95-32-28-64-54(82)43(34-40-16-9-8-10-17-40)66-48(77)35-65-46(75)19-13-26-62-47(76)23-21-41(58(86)87)68-60(90)69-42(59(88)89)22-24-50(78)79/h8-10,16-17,36,38-39,41-43,45,52H,6-7,11-15,18-35,37H2,1-5H3,(H,62,76)(H,63,83)(H,64,82)(H,65,75)(H,66,77)(H,70,84)(H,71,81)(H,72,91)(H,78,79)(H,86,87)(H,88,89)(H2,68,69,90)/t38?,39-,41?,42-,43+,45+,52?/m0/s1. The molecule has 0 spiro atoms. The van der Waals surface area contributed by atoms with Gasteiger partial charge in [-0.1, -0.05) is 92.5 Å². The normalized spacial score (nSPS) is 14.6. The summed E-state index contributed by atoms with van der Waals surface area (Å²) in [5.41, 5.74) is 5.44. The minimum atomic E-state index is -1.60. The molecule has 0 bridgehead atoms. The number of hydrogen-bond donors (Lipinski definition) is 13. The van der Waals surface area contributed by atoms with Crippen molar-refractivity contribution in [2.75, 3.05) is 71.2 Å². The van der Waals surface area contributed by atoms with Gasteiger partial charge in [0.05, 0.1) is 17.6 Å². The molecule has 3 rings (SSSR count). The van der Waals surface area contributed by atoms with Crippen molar-refractivity contribution in [3.63, 3.8) is 0 Å². The van der Waals surface area contributed by atoms with E-state index in [1.807, 2.05) is 43.4 Å². The summed E-state index contributed by atoms with van der Waals surface area (Å²) in [6.45, 7) is 7.89. The summed E-state index contributed by atoms with van der Waals surface area (Å²) in [5.74, 6) is -8.60. The molecule has 11 amide bonds. The van der Waals surface area contributed by atoms with E-state index >= 15 is 0 Å². The highest BCUT2D eigenvalue weighted by Gasteiger charge is 2.35. The maximum Gasteiger partial charge on any atom is 0.426 e. The number of likely N-dealkylation sites (N-methyl/N-ethyl adjacent to an activating group) is 1. The van der Waals surface area contributed by atoms with Crippen LogP contribution >= 0.6 is 32.9 Å². The number of carboxylic acid groups (broad SMARTS) is 3. The number of nitrogens with one attached hydrogen (secondary N) is 10. The van der Waals surface area contributed by atoms with Crippen LogP contribution in [0.15, 0.2) is 35.7 Å². The number of carbonyl (C=O) groups is 14. The number of benzene rings is 1. The van der Waals surface area contributed by atoms with Gasteiger partial charge in [-0.15, -0.1) is 11.3 Å². The van der Waals surface area contributed by atoms with E-state index in [1.54, 1.807) is 42.6 Å². The molecule has 2 aromatic rings. The van der Waals surface area contributed by atoms with Crippen LogP contribution in [0.1, 0.15) is 139 Å². The van der Waals surface area contributed by atoms with Crippen LogP contribution in [0.4, 0.5) is 9.59 Å². The number of aromatic nitrogens is 1. The van der Waals surface area contributed by atoms with Crippen LogP contribution < -0.4 is 53.4 Å². The van der Waals surface area contributed by atoms with E-state index in [-0.39, 0.29) is 114 Å². The van der Waals surface area contributed by atoms with Gasteiger partial charge in [0.1, 0.15) is 36.5 Å². The van der Waals surface area contributed by atoms with Crippen molar-refractivity contribution in [1.82, 2.24) is 68.2 Å². The van der Waals surface area contributed by atoms with Crippen molar-refractivity contribution < 1.29 is 91.9 Å². The molecule has 1 aromatic carbocycles. The molecule has 1 aliphatic rings. The van der Waals surface area contributed by atoms with Crippen LogP contribution in [-0.4, -0.2) is 215 Å². The molecule has 0 radical (unpaired) electrons. The molecular formula is C61H93N13O19S3. The molecule has 534 valence electrons. The summed E-state index contributed by atoms with van der Waals surface area (Å²) in [6.07, 6.45) is 2.58. The molecule has 1 fully saturated rings. The Balaban J connectivity index is 1.31.